The summed E-state index contributed by atoms with van der Waals surface area (Å²) in [7, 11) is 0. The van der Waals surface area contributed by atoms with Crippen LogP contribution in [0.5, 0.6) is 0 Å². The van der Waals surface area contributed by atoms with Crippen molar-refractivity contribution in [3.05, 3.63) is 47.8 Å². The lowest BCUT2D eigenvalue weighted by Crippen LogP contribution is -2.16. The molecule has 1 aromatic carbocycles. The maximum Gasteiger partial charge on any atom is 0.272 e. The molecular formula is C17H21N3O. The maximum absolute atomic E-state index is 12.4. The summed E-state index contributed by atoms with van der Waals surface area (Å²) < 4.78 is 2.00. The normalized spacial score (nSPS) is 14.1. The smallest absolute Gasteiger partial charge is 0.272 e. The summed E-state index contributed by atoms with van der Waals surface area (Å²) in [6, 6.07) is 10.2. The molecule has 3 rings (SSSR count). The van der Waals surface area contributed by atoms with Crippen molar-refractivity contribution in [1.29, 1.82) is 0 Å². The Morgan fingerprint density at radius 3 is 2.67 bits per heavy atom. The van der Waals surface area contributed by atoms with Crippen molar-refractivity contribution in [2.45, 2.75) is 38.6 Å². The third-order valence-electron chi connectivity index (χ3n) is 3.79. The van der Waals surface area contributed by atoms with Crippen LogP contribution in [0.1, 0.15) is 48.3 Å². The molecule has 0 unspecified atom stereocenters. The van der Waals surface area contributed by atoms with Crippen LogP contribution in [0, 0.1) is 0 Å². The lowest BCUT2D eigenvalue weighted by Gasteiger charge is -2.09. The van der Waals surface area contributed by atoms with Crippen LogP contribution in [-0.2, 0) is 6.42 Å². The maximum atomic E-state index is 12.4. The SMILES string of the molecule is CCCc1ccc(NC(=O)c2cc(N)cn2C2CC2)cc1. The minimum Gasteiger partial charge on any atom is -0.397 e. The number of aryl methyl sites for hydroxylation is 1. The first-order chi connectivity index (χ1) is 10.2. The minimum atomic E-state index is -0.0955. The molecule has 110 valence electrons. The molecule has 0 aliphatic heterocycles. The summed E-state index contributed by atoms with van der Waals surface area (Å²) in [5, 5.41) is 2.95. The number of benzene rings is 1. The van der Waals surface area contributed by atoms with Crippen LogP contribution < -0.4 is 11.1 Å². The zero-order chi connectivity index (χ0) is 14.8. The Morgan fingerprint density at radius 1 is 1.33 bits per heavy atom. The Kier molecular flexibility index (Phi) is 3.69. The fourth-order valence-corrected chi connectivity index (χ4v) is 2.58. The molecule has 0 saturated heterocycles. The molecule has 2 aromatic rings. The molecule has 21 heavy (non-hydrogen) atoms. The van der Waals surface area contributed by atoms with Crippen LogP contribution in [0.25, 0.3) is 0 Å². The van der Waals surface area contributed by atoms with Gasteiger partial charge in [0.15, 0.2) is 0 Å². The van der Waals surface area contributed by atoms with Crippen molar-refractivity contribution in [2.75, 3.05) is 11.1 Å². The number of nitrogens with one attached hydrogen (secondary N) is 1. The van der Waals surface area contributed by atoms with Gasteiger partial charge in [-0.2, -0.15) is 0 Å². The van der Waals surface area contributed by atoms with Gasteiger partial charge in [0.05, 0.1) is 5.69 Å². The van der Waals surface area contributed by atoms with Crippen LogP contribution >= 0.6 is 0 Å². The molecule has 0 bridgehead atoms. The van der Waals surface area contributed by atoms with Gasteiger partial charge in [-0.3, -0.25) is 4.79 Å². The average Bonchev–Trinajstić information content (AvgIpc) is 3.24. The van der Waals surface area contributed by atoms with E-state index in [1.165, 1.54) is 5.56 Å². The Balaban J connectivity index is 1.73. The molecule has 0 spiro atoms. The van der Waals surface area contributed by atoms with E-state index in [9.17, 15) is 4.79 Å². The molecule has 1 aliphatic rings. The highest BCUT2D eigenvalue weighted by Gasteiger charge is 2.27. The number of nitrogens with two attached hydrogens (primary N) is 1. The third-order valence-corrected chi connectivity index (χ3v) is 3.79. The number of rotatable bonds is 5. The van der Waals surface area contributed by atoms with Gasteiger partial charge in [-0.05, 0) is 43.0 Å². The number of amides is 1. The quantitative estimate of drug-likeness (QED) is 0.880. The predicted octanol–water partition coefficient (Wildman–Crippen LogP) is 3.61. The zero-order valence-electron chi connectivity index (χ0n) is 12.3. The number of nitrogen functional groups attached to an aromatic ring is 1. The highest BCUT2D eigenvalue weighted by Crippen LogP contribution is 2.37. The fourth-order valence-electron chi connectivity index (χ4n) is 2.58. The largest absolute Gasteiger partial charge is 0.397 e. The molecule has 4 nitrogen and oxygen atoms in total. The Labute approximate surface area is 125 Å². The third kappa shape index (κ3) is 3.10. The minimum absolute atomic E-state index is 0.0955. The predicted molar refractivity (Wildman–Crippen MR) is 85.5 cm³/mol. The van der Waals surface area contributed by atoms with Gasteiger partial charge in [0.2, 0.25) is 0 Å². The molecule has 1 saturated carbocycles. The molecule has 0 atom stereocenters. The van der Waals surface area contributed by atoms with E-state index >= 15 is 0 Å². The second-order valence-electron chi connectivity index (χ2n) is 5.70. The summed E-state index contributed by atoms with van der Waals surface area (Å²) in [6.45, 7) is 2.16. The standard InChI is InChI=1S/C17H21N3O/c1-2-3-12-4-6-14(7-5-12)19-17(21)16-10-13(18)11-20(16)15-8-9-15/h4-7,10-11,15H,2-3,8-9,18H2,1H3,(H,19,21). The molecule has 1 aromatic heterocycles. The van der Waals surface area contributed by atoms with Gasteiger partial charge in [-0.1, -0.05) is 25.5 Å². The van der Waals surface area contributed by atoms with Crippen molar-refractivity contribution < 1.29 is 4.79 Å². The van der Waals surface area contributed by atoms with Gasteiger partial charge >= 0.3 is 0 Å². The van der Waals surface area contributed by atoms with E-state index in [1.54, 1.807) is 6.07 Å². The summed E-state index contributed by atoms with van der Waals surface area (Å²) >= 11 is 0. The molecule has 3 N–H and O–H groups in total. The van der Waals surface area contributed by atoms with Gasteiger partial charge in [0.1, 0.15) is 5.69 Å². The molecule has 1 aliphatic carbocycles. The van der Waals surface area contributed by atoms with Gasteiger partial charge in [0.25, 0.3) is 5.91 Å². The van der Waals surface area contributed by atoms with Crippen LogP contribution in [0.2, 0.25) is 0 Å². The number of aromatic nitrogens is 1. The zero-order valence-corrected chi connectivity index (χ0v) is 12.3. The van der Waals surface area contributed by atoms with Crippen molar-refractivity contribution >= 4 is 17.3 Å². The molecule has 4 heteroatoms. The number of carbonyl (C=O) groups excluding carboxylic acids is 1. The number of nitrogens with zero attached hydrogens (tertiary/aromatic N) is 1. The first-order valence-electron chi connectivity index (χ1n) is 7.55. The van der Waals surface area contributed by atoms with E-state index in [1.807, 2.05) is 22.9 Å². The number of anilines is 2. The number of hydrogen-bond donors (Lipinski definition) is 2. The first kappa shape index (κ1) is 13.7. The van der Waals surface area contributed by atoms with Crippen molar-refractivity contribution in [3.8, 4) is 0 Å². The summed E-state index contributed by atoms with van der Waals surface area (Å²) in [5.74, 6) is -0.0955. The molecule has 1 amide bonds. The average molecular weight is 283 g/mol. The van der Waals surface area contributed by atoms with E-state index in [-0.39, 0.29) is 5.91 Å². The fraction of sp³-hybridized carbons (Fsp3) is 0.353. The first-order valence-corrected chi connectivity index (χ1v) is 7.55. The second-order valence-corrected chi connectivity index (χ2v) is 5.70. The summed E-state index contributed by atoms with van der Waals surface area (Å²) in [6.07, 6.45) is 6.30. The lowest BCUT2D eigenvalue weighted by atomic mass is 10.1. The van der Waals surface area contributed by atoms with Gasteiger partial charge < -0.3 is 15.6 Å². The van der Waals surface area contributed by atoms with E-state index in [2.05, 4.69) is 24.4 Å². The highest BCUT2D eigenvalue weighted by atomic mass is 16.1. The van der Waals surface area contributed by atoms with Crippen molar-refractivity contribution in [2.24, 2.45) is 0 Å². The molecule has 1 heterocycles. The topological polar surface area (TPSA) is 60.1 Å². The summed E-state index contributed by atoms with van der Waals surface area (Å²) in [4.78, 5) is 12.4. The Hall–Kier alpha value is -2.23. The van der Waals surface area contributed by atoms with Gasteiger partial charge in [-0.25, -0.2) is 0 Å². The number of carbonyl (C=O) groups is 1. The van der Waals surface area contributed by atoms with Gasteiger partial charge in [0, 0.05) is 17.9 Å². The van der Waals surface area contributed by atoms with E-state index < -0.39 is 0 Å². The van der Waals surface area contributed by atoms with E-state index in [4.69, 9.17) is 5.73 Å². The van der Waals surface area contributed by atoms with Crippen LogP contribution in [0.4, 0.5) is 11.4 Å². The molecule has 0 radical (unpaired) electrons. The monoisotopic (exact) mass is 283 g/mol. The Morgan fingerprint density at radius 2 is 2.05 bits per heavy atom. The lowest BCUT2D eigenvalue weighted by molar-refractivity contribution is 0.101. The van der Waals surface area contributed by atoms with Crippen LogP contribution in [0.3, 0.4) is 0 Å². The van der Waals surface area contributed by atoms with Crippen LogP contribution in [-0.4, -0.2) is 10.5 Å². The molecular weight excluding hydrogens is 262 g/mol. The molecule has 1 fully saturated rings. The van der Waals surface area contributed by atoms with E-state index in [0.29, 0.717) is 17.4 Å². The number of hydrogen-bond acceptors (Lipinski definition) is 2. The Bertz CT molecular complexity index is 639. The highest BCUT2D eigenvalue weighted by molar-refractivity contribution is 6.03. The van der Waals surface area contributed by atoms with Crippen molar-refractivity contribution in [3.63, 3.8) is 0 Å². The van der Waals surface area contributed by atoms with Crippen molar-refractivity contribution in [1.82, 2.24) is 4.57 Å². The van der Waals surface area contributed by atoms with E-state index in [0.717, 1.165) is 31.4 Å². The van der Waals surface area contributed by atoms with Crippen LogP contribution in [0.15, 0.2) is 36.5 Å². The van der Waals surface area contributed by atoms with Gasteiger partial charge in [-0.15, -0.1) is 0 Å². The second kappa shape index (κ2) is 5.64. The summed E-state index contributed by atoms with van der Waals surface area (Å²) in [5.41, 5.74) is 9.23.